The Kier molecular flexibility index (Phi) is 3.36. The molecule has 1 aliphatic heterocycles. The molecule has 2 N–H and O–H groups in total. The quantitative estimate of drug-likeness (QED) is 0.916. The fourth-order valence-electron chi connectivity index (χ4n) is 3.60. The first kappa shape index (κ1) is 14.3. The van der Waals surface area contributed by atoms with Crippen LogP contribution >= 0.6 is 0 Å². The number of rotatable bonds is 3. The minimum absolute atomic E-state index is 0.00711. The first-order valence-corrected chi connectivity index (χ1v) is 8.22. The van der Waals surface area contributed by atoms with Crippen molar-refractivity contribution in [2.45, 2.75) is 50.7 Å². The molecule has 23 heavy (non-hydrogen) atoms. The number of aromatic amines is 1. The molecular formula is C18H21N3O2. The Labute approximate surface area is 135 Å². The highest BCUT2D eigenvalue weighted by atomic mass is 16.5. The predicted octanol–water partition coefficient (Wildman–Crippen LogP) is 2.82. The van der Waals surface area contributed by atoms with Crippen LogP contribution in [0.4, 0.5) is 0 Å². The molecule has 1 unspecified atom stereocenters. The largest absolute Gasteiger partial charge is 0.487 e. The summed E-state index contributed by atoms with van der Waals surface area (Å²) in [6, 6.07) is 9.96. The molecule has 2 aliphatic rings. The Morgan fingerprint density at radius 1 is 1.43 bits per heavy atom. The first-order chi connectivity index (χ1) is 11.1. The van der Waals surface area contributed by atoms with Crippen molar-refractivity contribution in [3.63, 3.8) is 0 Å². The number of carbonyl (C=O) groups is 1. The number of hydrogen-bond acceptors (Lipinski definition) is 3. The highest BCUT2D eigenvalue weighted by molar-refractivity contribution is 5.78. The van der Waals surface area contributed by atoms with E-state index in [1.807, 2.05) is 37.3 Å². The maximum atomic E-state index is 12.4. The average Bonchev–Trinajstić information content (AvgIpc) is 2.90. The van der Waals surface area contributed by atoms with E-state index in [1.54, 1.807) is 0 Å². The summed E-state index contributed by atoms with van der Waals surface area (Å²) in [6.07, 6.45) is 4.51. The zero-order chi connectivity index (χ0) is 15.9. The molecule has 1 amide bonds. The lowest BCUT2D eigenvalue weighted by Crippen LogP contribution is -2.49. The Morgan fingerprint density at radius 2 is 2.26 bits per heavy atom. The summed E-state index contributed by atoms with van der Waals surface area (Å²) < 4.78 is 6.22. The number of aryl methyl sites for hydroxylation is 1. The molecule has 1 saturated carbocycles. The van der Waals surface area contributed by atoms with E-state index >= 15 is 0 Å². The standard InChI is InChI=1S/C18H21N3O2/c1-12-9-13(21-20-12)10-17(22)19-15-11-18(7-4-8-18)23-16-6-3-2-5-14(15)16/h2-3,5-6,9,15H,4,7-8,10-11H2,1H3,(H,19,22)(H,20,21). The third-order valence-corrected chi connectivity index (χ3v) is 4.90. The molecule has 5 heteroatoms. The van der Waals surface area contributed by atoms with Gasteiger partial charge in [0.05, 0.1) is 18.2 Å². The van der Waals surface area contributed by atoms with Crippen molar-refractivity contribution >= 4 is 5.91 Å². The molecule has 4 rings (SSSR count). The Hall–Kier alpha value is -2.30. The monoisotopic (exact) mass is 311 g/mol. The van der Waals surface area contributed by atoms with E-state index in [0.29, 0.717) is 6.42 Å². The lowest BCUT2D eigenvalue weighted by Gasteiger charge is -2.48. The summed E-state index contributed by atoms with van der Waals surface area (Å²) in [7, 11) is 0. The van der Waals surface area contributed by atoms with Gasteiger partial charge in [0.15, 0.2) is 0 Å². The number of fused-ring (bicyclic) bond motifs is 1. The van der Waals surface area contributed by atoms with Crippen molar-refractivity contribution in [3.05, 3.63) is 47.3 Å². The minimum atomic E-state index is -0.0742. The number of para-hydroxylation sites is 1. The molecule has 2 aromatic rings. The highest BCUT2D eigenvalue weighted by Crippen LogP contribution is 2.48. The number of nitrogens with one attached hydrogen (secondary N) is 2. The van der Waals surface area contributed by atoms with Gasteiger partial charge in [-0.05, 0) is 38.3 Å². The number of benzene rings is 1. The van der Waals surface area contributed by atoms with E-state index in [1.165, 1.54) is 6.42 Å². The molecule has 0 radical (unpaired) electrons. The number of amides is 1. The van der Waals surface area contributed by atoms with Gasteiger partial charge in [0.1, 0.15) is 11.4 Å². The third-order valence-electron chi connectivity index (χ3n) is 4.90. The number of aromatic nitrogens is 2. The molecule has 2 heterocycles. The van der Waals surface area contributed by atoms with Gasteiger partial charge in [-0.2, -0.15) is 5.10 Å². The minimum Gasteiger partial charge on any atom is -0.487 e. The fourth-order valence-corrected chi connectivity index (χ4v) is 3.60. The molecule has 1 aliphatic carbocycles. The van der Waals surface area contributed by atoms with Crippen LogP contribution in [0.5, 0.6) is 5.75 Å². The number of H-pyrrole nitrogens is 1. The van der Waals surface area contributed by atoms with Crippen LogP contribution in [0.25, 0.3) is 0 Å². The van der Waals surface area contributed by atoms with E-state index in [-0.39, 0.29) is 17.6 Å². The van der Waals surface area contributed by atoms with Crippen molar-refractivity contribution in [2.24, 2.45) is 0 Å². The molecule has 1 spiro atoms. The zero-order valence-electron chi connectivity index (χ0n) is 13.3. The molecule has 1 aromatic heterocycles. The highest BCUT2D eigenvalue weighted by Gasteiger charge is 2.45. The van der Waals surface area contributed by atoms with Crippen molar-refractivity contribution in [1.82, 2.24) is 15.5 Å². The van der Waals surface area contributed by atoms with Gasteiger partial charge in [-0.15, -0.1) is 0 Å². The average molecular weight is 311 g/mol. The summed E-state index contributed by atoms with van der Waals surface area (Å²) in [4.78, 5) is 12.4. The van der Waals surface area contributed by atoms with Gasteiger partial charge in [-0.1, -0.05) is 18.2 Å². The second-order valence-electron chi connectivity index (χ2n) is 6.72. The van der Waals surface area contributed by atoms with Crippen molar-refractivity contribution in [1.29, 1.82) is 0 Å². The van der Waals surface area contributed by atoms with Gasteiger partial charge in [0.25, 0.3) is 0 Å². The van der Waals surface area contributed by atoms with E-state index in [9.17, 15) is 4.79 Å². The molecule has 1 atom stereocenters. The van der Waals surface area contributed by atoms with E-state index in [4.69, 9.17) is 4.74 Å². The van der Waals surface area contributed by atoms with Crippen LogP contribution in [0.15, 0.2) is 30.3 Å². The van der Waals surface area contributed by atoms with E-state index < -0.39 is 0 Å². The van der Waals surface area contributed by atoms with Gasteiger partial charge >= 0.3 is 0 Å². The van der Waals surface area contributed by atoms with Crippen molar-refractivity contribution in [2.75, 3.05) is 0 Å². The zero-order valence-corrected chi connectivity index (χ0v) is 13.3. The van der Waals surface area contributed by atoms with Gasteiger partial charge in [0, 0.05) is 17.7 Å². The van der Waals surface area contributed by atoms with Crippen molar-refractivity contribution in [3.8, 4) is 5.75 Å². The third kappa shape index (κ3) is 2.71. The van der Waals surface area contributed by atoms with Crippen LogP contribution in [0.3, 0.4) is 0 Å². The Balaban J connectivity index is 1.52. The maximum absolute atomic E-state index is 12.4. The Morgan fingerprint density at radius 3 is 2.96 bits per heavy atom. The molecule has 0 bridgehead atoms. The molecule has 1 fully saturated rings. The van der Waals surface area contributed by atoms with Crippen LogP contribution in [0.1, 0.15) is 48.7 Å². The Bertz CT molecular complexity index is 733. The fraction of sp³-hybridized carbons (Fsp3) is 0.444. The predicted molar refractivity (Wildman–Crippen MR) is 86.2 cm³/mol. The van der Waals surface area contributed by atoms with Gasteiger partial charge < -0.3 is 10.1 Å². The van der Waals surface area contributed by atoms with Gasteiger partial charge in [-0.25, -0.2) is 0 Å². The van der Waals surface area contributed by atoms with Gasteiger partial charge in [0.2, 0.25) is 5.91 Å². The summed E-state index contributed by atoms with van der Waals surface area (Å²) >= 11 is 0. The molecule has 120 valence electrons. The van der Waals surface area contributed by atoms with Crippen LogP contribution in [-0.2, 0) is 11.2 Å². The smallest absolute Gasteiger partial charge is 0.226 e. The number of hydrogen-bond donors (Lipinski definition) is 2. The number of ether oxygens (including phenoxy) is 1. The van der Waals surface area contributed by atoms with Crippen LogP contribution < -0.4 is 10.1 Å². The summed E-state index contributed by atoms with van der Waals surface area (Å²) in [5.41, 5.74) is 2.75. The molecule has 0 saturated heterocycles. The lowest BCUT2D eigenvalue weighted by molar-refractivity contribution is -0.122. The van der Waals surface area contributed by atoms with Crippen LogP contribution in [0.2, 0.25) is 0 Å². The molecule has 1 aromatic carbocycles. The molecular weight excluding hydrogens is 290 g/mol. The molecule has 5 nitrogen and oxygen atoms in total. The lowest BCUT2D eigenvalue weighted by atomic mass is 9.73. The SMILES string of the molecule is Cc1cc(CC(=O)NC2CC3(CCC3)Oc3ccccc32)n[nH]1. The van der Waals surface area contributed by atoms with Crippen LogP contribution in [0, 0.1) is 6.92 Å². The maximum Gasteiger partial charge on any atom is 0.226 e. The normalized spacial score (nSPS) is 21.2. The summed E-state index contributed by atoms with van der Waals surface area (Å²) in [6.45, 7) is 1.93. The van der Waals surface area contributed by atoms with Crippen LogP contribution in [-0.4, -0.2) is 21.7 Å². The number of nitrogens with zero attached hydrogens (tertiary/aromatic N) is 1. The first-order valence-electron chi connectivity index (χ1n) is 8.22. The topological polar surface area (TPSA) is 67.0 Å². The van der Waals surface area contributed by atoms with Crippen molar-refractivity contribution < 1.29 is 9.53 Å². The number of carbonyl (C=O) groups excluding carboxylic acids is 1. The second kappa shape index (κ2) is 5.41. The van der Waals surface area contributed by atoms with E-state index in [0.717, 1.165) is 42.0 Å². The summed E-state index contributed by atoms with van der Waals surface area (Å²) in [5.74, 6) is 0.923. The van der Waals surface area contributed by atoms with E-state index in [2.05, 4.69) is 15.5 Å². The van der Waals surface area contributed by atoms with Gasteiger partial charge in [-0.3, -0.25) is 9.89 Å². The second-order valence-corrected chi connectivity index (χ2v) is 6.72. The summed E-state index contributed by atoms with van der Waals surface area (Å²) in [5, 5.41) is 10.2.